The first-order chi connectivity index (χ1) is 8.17. The maximum absolute atomic E-state index is 11.5. The molecule has 18 heavy (non-hydrogen) atoms. The molecule has 1 heterocycles. The number of aliphatic carboxylic acids is 1. The number of urea groups is 1. The fraction of sp³-hybridized carbons (Fsp3) is 0.727. The molecule has 0 aromatic rings. The molecule has 1 saturated heterocycles. The Morgan fingerprint density at radius 3 is 2.28 bits per heavy atom. The third kappa shape index (κ3) is 4.70. The molecule has 7 heteroatoms. The van der Waals surface area contributed by atoms with Gasteiger partial charge in [-0.2, -0.15) is 0 Å². The first-order valence-corrected chi connectivity index (χ1v) is 5.74. The molecule has 1 fully saturated rings. The quantitative estimate of drug-likeness (QED) is 0.640. The molecule has 3 amide bonds. The van der Waals surface area contributed by atoms with Crippen molar-refractivity contribution in [2.45, 2.75) is 26.3 Å². The SMILES string of the molecule is CC(C)(C)NC(=O)NC(=O)CN1CC(C(=O)O)C1. The van der Waals surface area contributed by atoms with Crippen molar-refractivity contribution in [3.8, 4) is 0 Å². The van der Waals surface area contributed by atoms with Gasteiger partial charge in [0.15, 0.2) is 0 Å². The molecule has 0 radical (unpaired) electrons. The summed E-state index contributed by atoms with van der Waals surface area (Å²) in [6.07, 6.45) is 0. The summed E-state index contributed by atoms with van der Waals surface area (Å²) in [6.45, 7) is 6.17. The molecule has 0 bridgehead atoms. The topological polar surface area (TPSA) is 98.7 Å². The van der Waals surface area contributed by atoms with Gasteiger partial charge in [0.25, 0.3) is 0 Å². The van der Waals surface area contributed by atoms with Crippen LogP contribution in [0.1, 0.15) is 20.8 Å². The van der Waals surface area contributed by atoms with Gasteiger partial charge in [0.2, 0.25) is 5.91 Å². The van der Waals surface area contributed by atoms with E-state index in [-0.39, 0.29) is 6.54 Å². The van der Waals surface area contributed by atoms with E-state index >= 15 is 0 Å². The number of carbonyl (C=O) groups is 3. The predicted molar refractivity (Wildman–Crippen MR) is 64.0 cm³/mol. The van der Waals surface area contributed by atoms with E-state index in [0.29, 0.717) is 13.1 Å². The van der Waals surface area contributed by atoms with Crippen molar-refractivity contribution in [1.29, 1.82) is 0 Å². The minimum atomic E-state index is -0.850. The molecule has 3 N–H and O–H groups in total. The van der Waals surface area contributed by atoms with Crippen molar-refractivity contribution in [3.05, 3.63) is 0 Å². The molecule has 7 nitrogen and oxygen atoms in total. The maximum atomic E-state index is 11.5. The average molecular weight is 257 g/mol. The van der Waals surface area contributed by atoms with Gasteiger partial charge in [0.1, 0.15) is 0 Å². The van der Waals surface area contributed by atoms with Gasteiger partial charge in [0, 0.05) is 18.6 Å². The molecule has 0 atom stereocenters. The smallest absolute Gasteiger partial charge is 0.321 e. The average Bonchev–Trinajstić information content (AvgIpc) is 2.05. The minimum absolute atomic E-state index is 0.0430. The van der Waals surface area contributed by atoms with Gasteiger partial charge in [-0.15, -0.1) is 0 Å². The molecule has 0 saturated carbocycles. The first kappa shape index (κ1) is 14.4. The highest BCUT2D eigenvalue weighted by molar-refractivity contribution is 5.95. The van der Waals surface area contributed by atoms with Crippen LogP contribution in [0.25, 0.3) is 0 Å². The lowest BCUT2D eigenvalue weighted by molar-refractivity contribution is -0.148. The summed E-state index contributed by atoms with van der Waals surface area (Å²) in [7, 11) is 0. The summed E-state index contributed by atoms with van der Waals surface area (Å²) in [4.78, 5) is 35.1. The van der Waals surface area contributed by atoms with Crippen LogP contribution in [0, 0.1) is 5.92 Å². The van der Waals surface area contributed by atoms with Crippen molar-refractivity contribution in [1.82, 2.24) is 15.5 Å². The molecule has 1 aliphatic rings. The van der Waals surface area contributed by atoms with E-state index in [0.717, 1.165) is 0 Å². The number of rotatable bonds is 3. The lowest BCUT2D eigenvalue weighted by Gasteiger charge is -2.35. The van der Waals surface area contributed by atoms with Crippen LogP contribution >= 0.6 is 0 Å². The minimum Gasteiger partial charge on any atom is -0.481 e. The number of nitrogens with one attached hydrogen (secondary N) is 2. The molecule has 1 aliphatic heterocycles. The second-order valence-electron chi connectivity index (χ2n) is 5.48. The molecule has 0 aliphatic carbocycles. The highest BCUT2D eigenvalue weighted by Gasteiger charge is 2.33. The van der Waals surface area contributed by atoms with Crippen molar-refractivity contribution >= 4 is 17.9 Å². The first-order valence-electron chi connectivity index (χ1n) is 5.74. The lowest BCUT2D eigenvalue weighted by Crippen LogP contribution is -2.55. The normalized spacial score (nSPS) is 16.8. The molecule has 0 aromatic heterocycles. The second kappa shape index (κ2) is 5.34. The summed E-state index contributed by atoms with van der Waals surface area (Å²) in [5, 5.41) is 13.5. The van der Waals surface area contributed by atoms with Gasteiger partial charge in [-0.25, -0.2) is 4.79 Å². The summed E-state index contributed by atoms with van der Waals surface area (Å²) in [6, 6.07) is -0.539. The third-order valence-electron chi connectivity index (χ3n) is 2.42. The standard InChI is InChI=1S/C11H19N3O4/c1-11(2,3)13-10(18)12-8(15)6-14-4-7(5-14)9(16)17/h7H,4-6H2,1-3H3,(H,16,17)(H2,12,13,15,18). The zero-order valence-electron chi connectivity index (χ0n) is 10.8. The van der Waals surface area contributed by atoms with Gasteiger partial charge in [-0.3, -0.25) is 19.8 Å². The van der Waals surface area contributed by atoms with Crippen LogP contribution in [0.2, 0.25) is 0 Å². The molecule has 0 unspecified atom stereocenters. The van der Waals surface area contributed by atoms with Gasteiger partial charge >= 0.3 is 12.0 Å². The Morgan fingerprint density at radius 1 is 1.28 bits per heavy atom. The van der Waals surface area contributed by atoms with Crippen LogP contribution in [0.15, 0.2) is 0 Å². The number of carbonyl (C=O) groups excluding carboxylic acids is 2. The van der Waals surface area contributed by atoms with E-state index in [2.05, 4.69) is 10.6 Å². The molecular weight excluding hydrogens is 238 g/mol. The number of imide groups is 1. The van der Waals surface area contributed by atoms with Gasteiger partial charge < -0.3 is 10.4 Å². The maximum Gasteiger partial charge on any atom is 0.321 e. The van der Waals surface area contributed by atoms with Crippen LogP contribution in [0.4, 0.5) is 4.79 Å². The fourth-order valence-electron chi connectivity index (χ4n) is 1.60. The number of carboxylic acids is 1. The summed E-state index contributed by atoms with van der Waals surface area (Å²) in [5.41, 5.74) is -0.407. The van der Waals surface area contributed by atoms with E-state index in [1.807, 2.05) is 20.8 Å². The van der Waals surface area contributed by atoms with Crippen LogP contribution in [-0.4, -0.2) is 53.1 Å². The van der Waals surface area contributed by atoms with Gasteiger partial charge in [-0.05, 0) is 20.8 Å². The van der Waals surface area contributed by atoms with E-state index in [9.17, 15) is 14.4 Å². The van der Waals surface area contributed by atoms with Crippen LogP contribution in [0.3, 0.4) is 0 Å². The molecule has 0 spiro atoms. The Kier molecular flexibility index (Phi) is 4.28. The van der Waals surface area contributed by atoms with E-state index < -0.39 is 29.4 Å². The number of amides is 3. The zero-order chi connectivity index (χ0) is 13.9. The third-order valence-corrected chi connectivity index (χ3v) is 2.42. The molecule has 102 valence electrons. The van der Waals surface area contributed by atoms with Crippen LogP contribution < -0.4 is 10.6 Å². The fourth-order valence-corrected chi connectivity index (χ4v) is 1.60. The summed E-state index contributed by atoms with van der Waals surface area (Å²) >= 11 is 0. The Balaban J connectivity index is 2.23. The number of hydrogen-bond acceptors (Lipinski definition) is 4. The van der Waals surface area contributed by atoms with Gasteiger partial charge in [-0.1, -0.05) is 0 Å². The van der Waals surface area contributed by atoms with Crippen molar-refractivity contribution < 1.29 is 19.5 Å². The van der Waals surface area contributed by atoms with E-state index in [1.54, 1.807) is 4.90 Å². The predicted octanol–water partition coefficient (Wildman–Crippen LogP) is -0.373. The summed E-state index contributed by atoms with van der Waals surface area (Å²) < 4.78 is 0. The van der Waals surface area contributed by atoms with Crippen molar-refractivity contribution in [2.24, 2.45) is 5.92 Å². The van der Waals surface area contributed by atoms with Gasteiger partial charge in [0.05, 0.1) is 12.5 Å². The summed E-state index contributed by atoms with van der Waals surface area (Å²) in [5.74, 6) is -1.68. The Labute approximate surface area is 106 Å². The van der Waals surface area contributed by atoms with Crippen molar-refractivity contribution in [3.63, 3.8) is 0 Å². The lowest BCUT2D eigenvalue weighted by atomic mass is 10.0. The highest BCUT2D eigenvalue weighted by Crippen LogP contribution is 2.14. The number of nitrogens with zero attached hydrogens (tertiary/aromatic N) is 1. The number of likely N-dealkylation sites (tertiary alicyclic amines) is 1. The largest absolute Gasteiger partial charge is 0.481 e. The number of hydrogen-bond donors (Lipinski definition) is 3. The monoisotopic (exact) mass is 257 g/mol. The van der Waals surface area contributed by atoms with Crippen LogP contribution in [-0.2, 0) is 9.59 Å². The Hall–Kier alpha value is -1.63. The Bertz CT molecular complexity index is 356. The molecular formula is C11H19N3O4. The molecule has 1 rings (SSSR count). The van der Waals surface area contributed by atoms with Crippen LogP contribution in [0.5, 0.6) is 0 Å². The van der Waals surface area contributed by atoms with Crippen molar-refractivity contribution in [2.75, 3.05) is 19.6 Å². The second-order valence-corrected chi connectivity index (χ2v) is 5.48. The molecule has 0 aromatic carbocycles. The highest BCUT2D eigenvalue weighted by atomic mass is 16.4. The van der Waals surface area contributed by atoms with E-state index in [1.165, 1.54) is 0 Å². The number of carboxylic acid groups (broad SMARTS) is 1. The zero-order valence-corrected chi connectivity index (χ0v) is 10.8. The van der Waals surface area contributed by atoms with E-state index in [4.69, 9.17) is 5.11 Å². The Morgan fingerprint density at radius 2 is 1.83 bits per heavy atom.